The number of rotatable bonds is 5. The van der Waals surface area contributed by atoms with Gasteiger partial charge < -0.3 is 4.52 Å². The van der Waals surface area contributed by atoms with Crippen molar-refractivity contribution in [2.75, 3.05) is 5.32 Å². The summed E-state index contributed by atoms with van der Waals surface area (Å²) in [6.45, 7) is 10.2. The van der Waals surface area contributed by atoms with Gasteiger partial charge in [-0.2, -0.15) is 4.98 Å². The monoisotopic (exact) mass is 385 g/mol. The maximum atomic E-state index is 12.8. The molecular weight excluding hydrogens is 362 g/mol. The van der Waals surface area contributed by atoms with Crippen LogP contribution < -0.4 is 5.32 Å². The minimum absolute atomic E-state index is 0.238. The molecule has 3 aromatic rings. The summed E-state index contributed by atoms with van der Waals surface area (Å²) >= 11 is 1.39. The molecule has 142 valence electrons. The number of benzene rings is 1. The summed E-state index contributed by atoms with van der Waals surface area (Å²) in [6.07, 6.45) is 0.835. The number of carbonyl (C=O) groups is 1. The number of amides is 1. The highest BCUT2D eigenvalue weighted by Crippen LogP contribution is 2.27. The van der Waals surface area contributed by atoms with E-state index < -0.39 is 0 Å². The molecular formula is C19H23N5O2S. The molecule has 0 saturated heterocycles. The maximum absolute atomic E-state index is 12.8. The van der Waals surface area contributed by atoms with Crippen LogP contribution in [0.1, 0.15) is 55.8 Å². The smallest absolute Gasteiger partial charge is 0.258 e. The quantitative estimate of drug-likeness (QED) is 0.702. The number of hydrogen-bond donors (Lipinski definition) is 1. The first-order chi connectivity index (χ1) is 12.7. The van der Waals surface area contributed by atoms with Crippen LogP contribution in [0.4, 0.5) is 5.13 Å². The summed E-state index contributed by atoms with van der Waals surface area (Å²) in [5.41, 5.74) is 0.797. The molecule has 0 unspecified atom stereocenters. The largest absolute Gasteiger partial charge is 0.334 e. The van der Waals surface area contributed by atoms with Crippen LogP contribution in [-0.4, -0.2) is 26.2 Å². The first-order valence-electron chi connectivity index (χ1n) is 8.81. The maximum Gasteiger partial charge on any atom is 0.258 e. The Kier molecular flexibility index (Phi) is 5.36. The molecule has 0 aliphatic carbocycles. The number of nitrogens with one attached hydrogen (secondary N) is 1. The molecule has 0 atom stereocenters. The van der Waals surface area contributed by atoms with Gasteiger partial charge in [-0.25, -0.2) is 0 Å². The van der Waals surface area contributed by atoms with Gasteiger partial charge in [0, 0.05) is 11.8 Å². The van der Waals surface area contributed by atoms with Crippen LogP contribution in [-0.2, 0) is 11.8 Å². The topological polar surface area (TPSA) is 93.8 Å². The predicted octanol–water partition coefficient (Wildman–Crippen LogP) is 4.34. The molecule has 0 bridgehead atoms. The van der Waals surface area contributed by atoms with Crippen molar-refractivity contribution in [3.8, 4) is 11.5 Å². The van der Waals surface area contributed by atoms with Crippen molar-refractivity contribution >= 4 is 22.4 Å². The third kappa shape index (κ3) is 4.57. The average molecular weight is 385 g/mol. The van der Waals surface area contributed by atoms with Crippen molar-refractivity contribution in [3.05, 3.63) is 40.7 Å². The summed E-state index contributed by atoms with van der Waals surface area (Å²) in [5, 5.41) is 16.4. The molecule has 1 N–H and O–H groups in total. The minimum Gasteiger partial charge on any atom is -0.334 e. The molecule has 0 aliphatic rings. The Morgan fingerprint density at radius 1 is 1.22 bits per heavy atom. The zero-order valence-electron chi connectivity index (χ0n) is 16.1. The summed E-state index contributed by atoms with van der Waals surface area (Å²) in [4.78, 5) is 17.2. The average Bonchev–Trinajstić information content (AvgIpc) is 3.23. The lowest BCUT2D eigenvalue weighted by atomic mass is 9.96. The van der Waals surface area contributed by atoms with Gasteiger partial charge in [0.2, 0.25) is 5.13 Å². The summed E-state index contributed by atoms with van der Waals surface area (Å²) < 4.78 is 5.40. The molecule has 2 heterocycles. The van der Waals surface area contributed by atoms with Gasteiger partial charge in [0.15, 0.2) is 5.82 Å². The lowest BCUT2D eigenvalue weighted by molar-refractivity contribution is 0.102. The Morgan fingerprint density at radius 3 is 2.63 bits per heavy atom. The molecule has 0 saturated carbocycles. The van der Waals surface area contributed by atoms with Crippen LogP contribution >= 0.6 is 11.3 Å². The molecule has 0 spiro atoms. The van der Waals surface area contributed by atoms with Crippen LogP contribution in [0, 0.1) is 5.92 Å². The van der Waals surface area contributed by atoms with Gasteiger partial charge in [-0.3, -0.25) is 10.1 Å². The van der Waals surface area contributed by atoms with E-state index in [0.717, 1.165) is 11.4 Å². The number of anilines is 1. The molecule has 0 fully saturated rings. The molecule has 2 aromatic heterocycles. The number of nitrogens with zero attached hydrogens (tertiary/aromatic N) is 4. The van der Waals surface area contributed by atoms with Crippen LogP contribution in [0.2, 0.25) is 0 Å². The fraction of sp³-hybridized carbons (Fsp3) is 0.421. The van der Waals surface area contributed by atoms with Crippen LogP contribution in [0.3, 0.4) is 0 Å². The molecule has 27 heavy (non-hydrogen) atoms. The Bertz CT molecular complexity index is 939. The third-order valence-electron chi connectivity index (χ3n) is 3.77. The van der Waals surface area contributed by atoms with E-state index in [-0.39, 0.29) is 11.3 Å². The van der Waals surface area contributed by atoms with Crippen LogP contribution in [0.25, 0.3) is 11.5 Å². The molecule has 8 heteroatoms. The molecule has 0 aliphatic heterocycles. The lowest BCUT2D eigenvalue weighted by Gasteiger charge is -2.11. The molecule has 7 nitrogen and oxygen atoms in total. The Hall–Kier alpha value is -2.61. The van der Waals surface area contributed by atoms with Crippen molar-refractivity contribution < 1.29 is 9.32 Å². The van der Waals surface area contributed by atoms with Crippen molar-refractivity contribution in [3.63, 3.8) is 0 Å². The SMILES string of the molecule is CC(C)Cc1nnc(NC(=O)c2ccccc2-c2nc(C(C)(C)C)no2)s1. The van der Waals surface area contributed by atoms with Crippen molar-refractivity contribution in [2.45, 2.75) is 46.5 Å². The van der Waals surface area contributed by atoms with E-state index in [1.807, 2.05) is 26.8 Å². The standard InChI is InChI=1S/C19H23N5O2S/c1-11(2)10-14-22-23-18(27-14)20-15(25)12-8-6-7-9-13(12)16-21-17(24-26-16)19(3,4)5/h6-9,11H,10H2,1-5H3,(H,20,23,25). The fourth-order valence-corrected chi connectivity index (χ4v) is 3.35. The molecule has 1 aromatic carbocycles. The highest BCUT2D eigenvalue weighted by atomic mass is 32.1. The zero-order valence-corrected chi connectivity index (χ0v) is 16.9. The van der Waals surface area contributed by atoms with Gasteiger partial charge in [0.25, 0.3) is 11.8 Å². The van der Waals surface area contributed by atoms with Crippen molar-refractivity contribution in [1.29, 1.82) is 0 Å². The van der Waals surface area contributed by atoms with Gasteiger partial charge >= 0.3 is 0 Å². The Labute approximate surface area is 162 Å². The van der Waals surface area contributed by atoms with Gasteiger partial charge in [-0.05, 0) is 18.1 Å². The molecule has 1 amide bonds. The zero-order chi connectivity index (χ0) is 19.6. The predicted molar refractivity (Wildman–Crippen MR) is 105 cm³/mol. The Balaban J connectivity index is 1.84. The van der Waals surface area contributed by atoms with E-state index in [1.54, 1.807) is 18.2 Å². The van der Waals surface area contributed by atoms with E-state index in [1.165, 1.54) is 11.3 Å². The van der Waals surface area contributed by atoms with Gasteiger partial charge in [-0.15, -0.1) is 10.2 Å². The van der Waals surface area contributed by atoms with Gasteiger partial charge in [-0.1, -0.05) is 63.2 Å². The minimum atomic E-state index is -0.284. The van der Waals surface area contributed by atoms with Crippen molar-refractivity contribution in [2.24, 2.45) is 5.92 Å². The third-order valence-corrected chi connectivity index (χ3v) is 4.63. The van der Waals surface area contributed by atoms with E-state index >= 15 is 0 Å². The fourth-order valence-electron chi connectivity index (χ4n) is 2.41. The van der Waals surface area contributed by atoms with Crippen molar-refractivity contribution in [1.82, 2.24) is 20.3 Å². The van der Waals surface area contributed by atoms with E-state index in [0.29, 0.717) is 33.9 Å². The van der Waals surface area contributed by atoms with Crippen LogP contribution in [0.15, 0.2) is 28.8 Å². The van der Waals surface area contributed by atoms with E-state index in [2.05, 4.69) is 39.5 Å². The highest BCUT2D eigenvalue weighted by Gasteiger charge is 2.24. The van der Waals surface area contributed by atoms with Crippen LogP contribution in [0.5, 0.6) is 0 Å². The normalized spacial score (nSPS) is 11.8. The van der Waals surface area contributed by atoms with E-state index in [4.69, 9.17) is 4.52 Å². The first kappa shape index (κ1) is 19.2. The Morgan fingerprint density at radius 2 is 1.96 bits per heavy atom. The summed E-state index contributed by atoms with van der Waals surface area (Å²) in [6, 6.07) is 7.14. The number of aromatic nitrogens is 4. The second-order valence-electron chi connectivity index (χ2n) is 7.77. The van der Waals surface area contributed by atoms with E-state index in [9.17, 15) is 4.79 Å². The molecule has 0 radical (unpaired) electrons. The second-order valence-corrected chi connectivity index (χ2v) is 8.83. The number of carbonyl (C=O) groups excluding carboxylic acids is 1. The van der Waals surface area contributed by atoms with Gasteiger partial charge in [0.05, 0.1) is 11.1 Å². The number of hydrogen-bond acceptors (Lipinski definition) is 7. The summed E-state index contributed by atoms with van der Waals surface area (Å²) in [7, 11) is 0. The highest BCUT2D eigenvalue weighted by molar-refractivity contribution is 7.15. The second kappa shape index (κ2) is 7.56. The summed E-state index contributed by atoms with van der Waals surface area (Å²) in [5.74, 6) is 1.11. The first-order valence-corrected chi connectivity index (χ1v) is 9.63. The van der Waals surface area contributed by atoms with Gasteiger partial charge in [0.1, 0.15) is 5.01 Å². The lowest BCUT2D eigenvalue weighted by Crippen LogP contribution is -2.14. The molecule has 3 rings (SSSR count).